The molecule has 2 aromatic rings. The van der Waals surface area contributed by atoms with Crippen molar-refractivity contribution in [1.29, 1.82) is 0 Å². The average Bonchev–Trinajstić information content (AvgIpc) is 3.09. The molecule has 256 valence electrons. The lowest BCUT2D eigenvalue weighted by atomic mass is 9.82. The second-order valence-corrected chi connectivity index (χ2v) is 10.7. The summed E-state index contributed by atoms with van der Waals surface area (Å²) in [6, 6.07) is 7.75. The average molecular weight is 668 g/mol. The van der Waals surface area contributed by atoms with Crippen molar-refractivity contribution in [1.82, 2.24) is 5.32 Å². The van der Waals surface area contributed by atoms with E-state index in [1.54, 1.807) is 0 Å². The van der Waals surface area contributed by atoms with Crippen LogP contribution in [0.4, 0.5) is 11.4 Å². The molecule has 1 aliphatic rings. The van der Waals surface area contributed by atoms with Gasteiger partial charge in [0.05, 0.1) is 63.4 Å². The van der Waals surface area contributed by atoms with E-state index < -0.39 is 59.2 Å². The van der Waals surface area contributed by atoms with Crippen LogP contribution in [0.1, 0.15) is 70.4 Å². The molecule has 2 atom stereocenters. The van der Waals surface area contributed by atoms with Gasteiger partial charge in [0.2, 0.25) is 11.8 Å². The van der Waals surface area contributed by atoms with Crippen LogP contribution in [-0.2, 0) is 47.7 Å². The Morgan fingerprint density at radius 1 is 0.604 bits per heavy atom. The summed E-state index contributed by atoms with van der Waals surface area (Å²) < 4.78 is 18.7. The number of anilines is 2. The molecule has 3 N–H and O–H groups in total. The number of rotatable bonds is 16. The monoisotopic (exact) mass is 667 g/mol. The van der Waals surface area contributed by atoms with E-state index in [1.165, 1.54) is 64.8 Å². The topological polar surface area (TPSA) is 210 Å². The molecule has 15 heteroatoms. The molecule has 0 bridgehead atoms. The van der Waals surface area contributed by atoms with Gasteiger partial charge in [0.25, 0.3) is 0 Å². The minimum Gasteiger partial charge on any atom is -0.469 e. The minimum atomic E-state index is -0.987. The van der Waals surface area contributed by atoms with Gasteiger partial charge in [0.15, 0.2) is 11.6 Å². The third-order valence-electron chi connectivity index (χ3n) is 7.66. The van der Waals surface area contributed by atoms with Crippen molar-refractivity contribution in [2.75, 3.05) is 45.6 Å². The third kappa shape index (κ3) is 9.31. The lowest BCUT2D eigenvalue weighted by Gasteiger charge is -2.23. The molecule has 2 amide bonds. The second kappa shape index (κ2) is 17.5. The highest BCUT2D eigenvalue weighted by Gasteiger charge is 2.34. The Bertz CT molecular complexity index is 1480. The first kappa shape index (κ1) is 37.0. The van der Waals surface area contributed by atoms with E-state index in [0.717, 1.165) is 0 Å². The first-order chi connectivity index (χ1) is 22.9. The molecular formula is C33H37N3O12. The fraction of sp³-hybridized carbons (Fsp3) is 0.394. The zero-order valence-corrected chi connectivity index (χ0v) is 27.0. The number of esters is 4. The highest BCUT2D eigenvalue weighted by atomic mass is 16.5. The summed E-state index contributed by atoms with van der Waals surface area (Å²) in [7, 11) is 4.80. The van der Waals surface area contributed by atoms with Gasteiger partial charge in [-0.05, 0) is 31.4 Å². The third-order valence-corrected chi connectivity index (χ3v) is 7.66. The molecule has 0 aromatic heterocycles. The number of hydrogen-bond donors (Lipinski definition) is 3. The van der Waals surface area contributed by atoms with Gasteiger partial charge in [0.1, 0.15) is 6.04 Å². The van der Waals surface area contributed by atoms with Crippen LogP contribution in [0.2, 0.25) is 0 Å². The van der Waals surface area contributed by atoms with Crippen molar-refractivity contribution >= 4 is 58.6 Å². The quantitative estimate of drug-likeness (QED) is 0.148. The molecule has 0 radical (unpaired) electrons. The van der Waals surface area contributed by atoms with E-state index in [9.17, 15) is 38.4 Å². The number of ketones is 2. The highest BCUT2D eigenvalue weighted by Crippen LogP contribution is 2.35. The van der Waals surface area contributed by atoms with Gasteiger partial charge in [-0.3, -0.25) is 43.7 Å². The smallest absolute Gasteiger partial charge is 0.322 e. The van der Waals surface area contributed by atoms with E-state index in [1.807, 2.05) is 0 Å². The van der Waals surface area contributed by atoms with Crippen molar-refractivity contribution in [3.8, 4) is 0 Å². The maximum absolute atomic E-state index is 13.7. The number of carbonyl (C=O) groups excluding carboxylic acids is 8. The minimum absolute atomic E-state index is 0.000890. The summed E-state index contributed by atoms with van der Waals surface area (Å²) in [5.74, 6) is -5.38. The first-order valence-corrected chi connectivity index (χ1v) is 14.9. The van der Waals surface area contributed by atoms with Gasteiger partial charge in [-0.25, -0.2) is 0 Å². The van der Waals surface area contributed by atoms with Crippen LogP contribution in [0.25, 0.3) is 0 Å². The summed E-state index contributed by atoms with van der Waals surface area (Å²) in [6.45, 7) is -0.390. The summed E-state index contributed by atoms with van der Waals surface area (Å²) >= 11 is 0. The molecule has 0 unspecified atom stereocenters. The number of hydrogen-bond acceptors (Lipinski definition) is 13. The van der Waals surface area contributed by atoms with Crippen LogP contribution in [0, 0.1) is 5.92 Å². The van der Waals surface area contributed by atoms with Gasteiger partial charge < -0.3 is 29.6 Å². The van der Waals surface area contributed by atoms with Crippen LogP contribution in [0.15, 0.2) is 36.4 Å². The summed E-state index contributed by atoms with van der Waals surface area (Å²) in [5.41, 5.74) is 0.0693. The van der Waals surface area contributed by atoms with E-state index >= 15 is 0 Å². The highest BCUT2D eigenvalue weighted by molar-refractivity contribution is 6.32. The Labute approximate surface area is 276 Å². The number of benzene rings is 2. The lowest BCUT2D eigenvalue weighted by molar-refractivity contribution is -0.148. The van der Waals surface area contributed by atoms with Gasteiger partial charge in [-0.1, -0.05) is 24.3 Å². The molecule has 0 aliphatic heterocycles. The van der Waals surface area contributed by atoms with Gasteiger partial charge in [-0.2, -0.15) is 0 Å². The van der Waals surface area contributed by atoms with Gasteiger partial charge in [-0.15, -0.1) is 0 Å². The number of fused-ring (bicyclic) bond motifs is 2. The van der Waals surface area contributed by atoms with Crippen molar-refractivity contribution < 1.29 is 57.3 Å². The van der Waals surface area contributed by atoms with Crippen molar-refractivity contribution in [2.45, 2.75) is 44.6 Å². The van der Waals surface area contributed by atoms with Crippen molar-refractivity contribution in [2.24, 2.45) is 5.92 Å². The van der Waals surface area contributed by atoms with E-state index in [-0.39, 0.29) is 78.7 Å². The standard InChI is InChI=1S/C33H37N3O12/c1-45-26(39)15-12-18(32(43)47-3)11-14-24(37)35-21-9-5-7-19-28(21)30(41)20-8-6-10-22(29(20)31(19)42)36-25(38)17-34-23(33(44)48-4)13-16-27(40)46-2/h5-10,18,23,34H,11-17H2,1-4H3,(H,35,37)(H,36,38)/t18-,23-/m0/s1. The maximum atomic E-state index is 13.7. The summed E-state index contributed by atoms with van der Waals surface area (Å²) in [4.78, 5) is 101. The molecule has 15 nitrogen and oxygen atoms in total. The summed E-state index contributed by atoms with van der Waals surface area (Å²) in [6.07, 6.45) is -0.0911. The fourth-order valence-electron chi connectivity index (χ4n) is 5.13. The van der Waals surface area contributed by atoms with E-state index in [2.05, 4.69) is 25.4 Å². The van der Waals surface area contributed by atoms with E-state index in [0.29, 0.717) is 0 Å². The van der Waals surface area contributed by atoms with Crippen LogP contribution >= 0.6 is 0 Å². The Balaban J connectivity index is 1.75. The Hall–Kier alpha value is -5.44. The molecule has 1 aliphatic carbocycles. The van der Waals surface area contributed by atoms with Crippen LogP contribution in [-0.4, -0.2) is 88.3 Å². The number of methoxy groups -OCH3 is 4. The Kier molecular flexibility index (Phi) is 13.5. The Morgan fingerprint density at radius 2 is 1.08 bits per heavy atom. The van der Waals surface area contributed by atoms with Crippen LogP contribution in [0.3, 0.4) is 0 Å². The molecular weight excluding hydrogens is 630 g/mol. The van der Waals surface area contributed by atoms with Gasteiger partial charge in [0, 0.05) is 30.4 Å². The zero-order valence-electron chi connectivity index (χ0n) is 27.0. The van der Waals surface area contributed by atoms with Gasteiger partial charge >= 0.3 is 23.9 Å². The number of nitrogens with one attached hydrogen (secondary N) is 3. The molecule has 3 rings (SSSR count). The predicted octanol–water partition coefficient (Wildman–Crippen LogP) is 1.95. The molecule has 0 fully saturated rings. The van der Waals surface area contributed by atoms with E-state index in [4.69, 9.17) is 9.47 Å². The molecule has 2 aromatic carbocycles. The normalized spacial score (nSPS) is 12.8. The molecule has 0 spiro atoms. The number of ether oxygens (including phenoxy) is 4. The van der Waals surface area contributed by atoms with Crippen molar-refractivity contribution in [3.05, 3.63) is 58.7 Å². The molecule has 0 heterocycles. The SMILES string of the molecule is COC(=O)CC[C@H](CCC(=O)Nc1cccc2c1C(=O)c1cccc(NC(=O)CN[C@@H](CCC(=O)OC)C(=O)OC)c1C2=O)C(=O)OC. The second-order valence-electron chi connectivity index (χ2n) is 10.7. The molecule has 0 saturated carbocycles. The zero-order chi connectivity index (χ0) is 35.4. The molecule has 0 saturated heterocycles. The fourth-order valence-corrected chi connectivity index (χ4v) is 5.13. The van der Waals surface area contributed by atoms with Crippen LogP contribution < -0.4 is 16.0 Å². The van der Waals surface area contributed by atoms with Crippen LogP contribution in [0.5, 0.6) is 0 Å². The lowest BCUT2D eigenvalue weighted by Crippen LogP contribution is -2.42. The predicted molar refractivity (Wildman–Crippen MR) is 168 cm³/mol. The first-order valence-electron chi connectivity index (χ1n) is 14.9. The Morgan fingerprint density at radius 3 is 1.58 bits per heavy atom. The summed E-state index contributed by atoms with van der Waals surface area (Å²) in [5, 5.41) is 7.96. The maximum Gasteiger partial charge on any atom is 0.322 e. The number of carbonyl (C=O) groups is 8. The molecule has 48 heavy (non-hydrogen) atoms. The number of amides is 2. The largest absolute Gasteiger partial charge is 0.469 e. The van der Waals surface area contributed by atoms with Crippen molar-refractivity contribution in [3.63, 3.8) is 0 Å².